The van der Waals surface area contributed by atoms with E-state index in [4.69, 9.17) is 0 Å². The monoisotopic (exact) mass is 352 g/mol. The maximum Gasteiger partial charge on any atom is 0.258 e. The van der Waals surface area contributed by atoms with Gasteiger partial charge in [0.15, 0.2) is 0 Å². The summed E-state index contributed by atoms with van der Waals surface area (Å²) in [5.41, 5.74) is 2.78. The fraction of sp³-hybridized carbons (Fsp3) is 0.350. The van der Waals surface area contributed by atoms with E-state index in [1.165, 1.54) is 5.56 Å². The zero-order valence-electron chi connectivity index (χ0n) is 15.4. The van der Waals surface area contributed by atoms with Crippen molar-refractivity contribution in [1.82, 2.24) is 14.8 Å². The molecule has 0 bridgehead atoms. The Labute approximate surface area is 153 Å². The second kappa shape index (κ2) is 7.56. The van der Waals surface area contributed by atoms with Crippen LogP contribution in [0.15, 0.2) is 42.6 Å². The Balaban J connectivity index is 1.73. The van der Waals surface area contributed by atoms with Gasteiger partial charge in [-0.15, -0.1) is 0 Å². The van der Waals surface area contributed by atoms with Gasteiger partial charge in [-0.2, -0.15) is 0 Å². The lowest BCUT2D eigenvalue weighted by molar-refractivity contribution is -0.140. The molecule has 1 aliphatic rings. The van der Waals surface area contributed by atoms with Crippen molar-refractivity contribution in [3.05, 3.63) is 59.3 Å². The molecule has 1 aromatic heterocycles. The highest BCUT2D eigenvalue weighted by molar-refractivity contribution is 6.01. The van der Waals surface area contributed by atoms with Crippen LogP contribution in [0.4, 0.5) is 5.82 Å². The Morgan fingerprint density at radius 3 is 2.65 bits per heavy atom. The van der Waals surface area contributed by atoms with Gasteiger partial charge in [0.1, 0.15) is 11.9 Å². The summed E-state index contributed by atoms with van der Waals surface area (Å²) in [6, 6.07) is 11.1. The van der Waals surface area contributed by atoms with E-state index in [0.29, 0.717) is 31.0 Å². The number of amides is 2. The van der Waals surface area contributed by atoms with Crippen molar-refractivity contribution in [2.75, 3.05) is 25.5 Å². The van der Waals surface area contributed by atoms with Crippen LogP contribution in [0.2, 0.25) is 0 Å². The Bertz CT molecular complexity index is 804. The highest BCUT2D eigenvalue weighted by atomic mass is 16.2. The summed E-state index contributed by atoms with van der Waals surface area (Å²) in [7, 11) is 1.73. The summed E-state index contributed by atoms with van der Waals surface area (Å²) in [5, 5.41) is 2.93. The Morgan fingerprint density at radius 2 is 1.96 bits per heavy atom. The fourth-order valence-electron chi connectivity index (χ4n) is 3.21. The Kier molecular flexibility index (Phi) is 5.21. The standard InChI is InChI=1S/C20H24N4O2/c1-14-6-8-16(9-7-14)13-23-11-12-24(15(2)19(23)25)20(26)17-5-4-10-22-18(17)21-3/h4-10,15H,11-13H2,1-3H3,(H,21,22)/t15-/m1/s1. The van der Waals surface area contributed by atoms with Gasteiger partial charge in [-0.25, -0.2) is 4.98 Å². The molecule has 2 heterocycles. The summed E-state index contributed by atoms with van der Waals surface area (Å²) in [6.45, 7) is 5.43. The van der Waals surface area contributed by atoms with Gasteiger partial charge in [0.05, 0.1) is 5.56 Å². The van der Waals surface area contributed by atoms with Crippen molar-refractivity contribution in [2.45, 2.75) is 26.4 Å². The molecule has 1 N–H and O–H groups in total. The number of carbonyl (C=O) groups is 2. The molecule has 3 rings (SSSR count). The zero-order chi connectivity index (χ0) is 18.7. The topological polar surface area (TPSA) is 65.5 Å². The molecule has 0 aliphatic carbocycles. The van der Waals surface area contributed by atoms with E-state index in [2.05, 4.69) is 10.3 Å². The number of aryl methyl sites for hydroxylation is 1. The van der Waals surface area contributed by atoms with Gasteiger partial charge in [0.25, 0.3) is 5.91 Å². The quantitative estimate of drug-likeness (QED) is 0.917. The highest BCUT2D eigenvalue weighted by Crippen LogP contribution is 2.20. The van der Waals surface area contributed by atoms with Gasteiger partial charge in [-0.05, 0) is 31.5 Å². The van der Waals surface area contributed by atoms with E-state index in [0.717, 1.165) is 5.56 Å². The lowest BCUT2D eigenvalue weighted by atomic mass is 10.1. The van der Waals surface area contributed by atoms with E-state index in [9.17, 15) is 9.59 Å². The molecule has 0 saturated carbocycles. The zero-order valence-corrected chi connectivity index (χ0v) is 15.4. The van der Waals surface area contributed by atoms with Crippen molar-refractivity contribution in [1.29, 1.82) is 0 Å². The van der Waals surface area contributed by atoms with Crippen LogP contribution in [0.3, 0.4) is 0 Å². The molecule has 6 heteroatoms. The smallest absolute Gasteiger partial charge is 0.258 e. The Morgan fingerprint density at radius 1 is 1.23 bits per heavy atom. The van der Waals surface area contributed by atoms with E-state index < -0.39 is 6.04 Å². The number of hydrogen-bond acceptors (Lipinski definition) is 4. The number of carbonyl (C=O) groups excluding carboxylic acids is 2. The molecule has 0 spiro atoms. The molecule has 1 saturated heterocycles. The SMILES string of the molecule is CNc1ncccc1C(=O)N1CCN(Cc2ccc(C)cc2)C(=O)[C@H]1C. The second-order valence-corrected chi connectivity index (χ2v) is 6.57. The van der Waals surface area contributed by atoms with Gasteiger partial charge in [-0.1, -0.05) is 29.8 Å². The maximum atomic E-state index is 12.9. The molecular weight excluding hydrogens is 328 g/mol. The van der Waals surface area contributed by atoms with Gasteiger partial charge in [0, 0.05) is 32.9 Å². The normalized spacial score (nSPS) is 17.3. The lowest BCUT2D eigenvalue weighted by Gasteiger charge is -2.39. The minimum absolute atomic E-state index is 0.0277. The van der Waals surface area contributed by atoms with Gasteiger partial charge in [0.2, 0.25) is 5.91 Å². The molecule has 26 heavy (non-hydrogen) atoms. The van der Waals surface area contributed by atoms with Crippen LogP contribution in [-0.4, -0.2) is 52.8 Å². The first-order valence-corrected chi connectivity index (χ1v) is 8.79. The third kappa shape index (κ3) is 3.54. The number of rotatable bonds is 4. The van der Waals surface area contributed by atoms with Crippen molar-refractivity contribution in [2.24, 2.45) is 0 Å². The second-order valence-electron chi connectivity index (χ2n) is 6.57. The molecule has 0 unspecified atom stereocenters. The molecule has 6 nitrogen and oxygen atoms in total. The van der Waals surface area contributed by atoms with Crippen LogP contribution >= 0.6 is 0 Å². The summed E-state index contributed by atoms with van der Waals surface area (Å²) in [6.07, 6.45) is 1.64. The number of aromatic nitrogens is 1. The van der Waals surface area contributed by atoms with E-state index in [1.54, 1.807) is 37.2 Å². The van der Waals surface area contributed by atoms with Crippen LogP contribution in [-0.2, 0) is 11.3 Å². The number of nitrogens with zero attached hydrogens (tertiary/aromatic N) is 3. The molecule has 1 atom stereocenters. The third-order valence-corrected chi connectivity index (χ3v) is 4.78. The largest absolute Gasteiger partial charge is 0.372 e. The van der Waals surface area contributed by atoms with Crippen LogP contribution in [0.25, 0.3) is 0 Å². The van der Waals surface area contributed by atoms with Gasteiger partial charge >= 0.3 is 0 Å². The number of anilines is 1. The van der Waals surface area contributed by atoms with Crippen molar-refractivity contribution < 1.29 is 9.59 Å². The summed E-state index contributed by atoms with van der Waals surface area (Å²) in [4.78, 5) is 33.3. The van der Waals surface area contributed by atoms with Gasteiger partial charge in [-0.3, -0.25) is 9.59 Å². The van der Waals surface area contributed by atoms with E-state index in [-0.39, 0.29) is 11.8 Å². The first-order valence-electron chi connectivity index (χ1n) is 8.79. The van der Waals surface area contributed by atoms with Crippen LogP contribution in [0, 0.1) is 6.92 Å². The highest BCUT2D eigenvalue weighted by Gasteiger charge is 2.35. The number of piperazine rings is 1. The number of pyridine rings is 1. The van der Waals surface area contributed by atoms with E-state index in [1.807, 2.05) is 36.1 Å². The molecule has 136 valence electrons. The average molecular weight is 352 g/mol. The minimum atomic E-state index is -0.494. The van der Waals surface area contributed by atoms with Gasteiger partial charge < -0.3 is 15.1 Å². The number of hydrogen-bond donors (Lipinski definition) is 1. The van der Waals surface area contributed by atoms with Crippen LogP contribution in [0.5, 0.6) is 0 Å². The first kappa shape index (κ1) is 17.9. The summed E-state index contributed by atoms with van der Waals surface area (Å²) in [5.74, 6) is 0.331. The predicted molar refractivity (Wildman–Crippen MR) is 101 cm³/mol. The van der Waals surface area contributed by atoms with Crippen molar-refractivity contribution in [3.63, 3.8) is 0 Å². The Hall–Kier alpha value is -2.89. The van der Waals surface area contributed by atoms with E-state index >= 15 is 0 Å². The molecule has 2 aromatic rings. The average Bonchev–Trinajstić information content (AvgIpc) is 2.67. The third-order valence-electron chi connectivity index (χ3n) is 4.78. The lowest BCUT2D eigenvalue weighted by Crippen LogP contribution is -2.57. The minimum Gasteiger partial charge on any atom is -0.372 e. The first-order chi connectivity index (χ1) is 12.5. The number of benzene rings is 1. The molecule has 1 aromatic carbocycles. The molecule has 1 fully saturated rings. The van der Waals surface area contributed by atoms with Crippen molar-refractivity contribution in [3.8, 4) is 0 Å². The summed E-state index contributed by atoms with van der Waals surface area (Å²) >= 11 is 0. The summed E-state index contributed by atoms with van der Waals surface area (Å²) < 4.78 is 0. The van der Waals surface area contributed by atoms with Crippen LogP contribution < -0.4 is 5.32 Å². The molecule has 0 radical (unpaired) electrons. The number of nitrogens with one attached hydrogen (secondary N) is 1. The fourth-order valence-corrected chi connectivity index (χ4v) is 3.21. The predicted octanol–water partition coefficient (Wildman–Crippen LogP) is 2.30. The molecule has 1 aliphatic heterocycles. The molecule has 2 amide bonds. The van der Waals surface area contributed by atoms with Crippen molar-refractivity contribution >= 4 is 17.6 Å². The molecular formula is C20H24N4O2. The van der Waals surface area contributed by atoms with Crippen LogP contribution in [0.1, 0.15) is 28.4 Å². The maximum absolute atomic E-state index is 12.9.